The Morgan fingerprint density at radius 1 is 0.824 bits per heavy atom. The zero-order valence-corrected chi connectivity index (χ0v) is 12.5. The van der Waals surface area contributed by atoms with E-state index < -0.39 is 6.29 Å². The molecule has 0 amide bonds. The van der Waals surface area contributed by atoms with Crippen LogP contribution >= 0.6 is 0 Å². The standard InChI is InChI=1S/C13H28O4/c1-12(2,3)16-9-10(11(14-7)15-8)17-13(4,5)6/h10-11H,9H2,1-8H3. The second-order valence-corrected chi connectivity index (χ2v) is 6.03. The van der Waals surface area contributed by atoms with Gasteiger partial charge < -0.3 is 18.9 Å². The molecule has 4 heteroatoms. The molecular weight excluding hydrogens is 220 g/mol. The van der Waals surface area contributed by atoms with Crippen molar-refractivity contribution in [2.45, 2.75) is 65.1 Å². The lowest BCUT2D eigenvalue weighted by atomic mass is 10.1. The summed E-state index contributed by atoms with van der Waals surface area (Å²) in [5, 5.41) is 0. The highest BCUT2D eigenvalue weighted by atomic mass is 16.7. The smallest absolute Gasteiger partial charge is 0.185 e. The second kappa shape index (κ2) is 6.69. The molecule has 0 aromatic carbocycles. The van der Waals surface area contributed by atoms with Gasteiger partial charge in [-0.2, -0.15) is 0 Å². The minimum Gasteiger partial charge on any atom is -0.373 e. The molecule has 0 aliphatic heterocycles. The summed E-state index contributed by atoms with van der Waals surface area (Å²) in [5.41, 5.74) is -0.466. The molecular formula is C13H28O4. The maximum absolute atomic E-state index is 5.90. The number of ether oxygens (including phenoxy) is 4. The van der Waals surface area contributed by atoms with E-state index in [2.05, 4.69) is 0 Å². The van der Waals surface area contributed by atoms with E-state index >= 15 is 0 Å². The summed E-state index contributed by atoms with van der Waals surface area (Å²) in [7, 11) is 3.20. The molecule has 0 aliphatic carbocycles. The van der Waals surface area contributed by atoms with Crippen LogP contribution in [0.4, 0.5) is 0 Å². The minimum absolute atomic E-state index is 0.203. The van der Waals surface area contributed by atoms with E-state index in [1.165, 1.54) is 0 Å². The maximum Gasteiger partial charge on any atom is 0.185 e. The van der Waals surface area contributed by atoms with Gasteiger partial charge in [0.25, 0.3) is 0 Å². The van der Waals surface area contributed by atoms with E-state index in [1.54, 1.807) is 14.2 Å². The van der Waals surface area contributed by atoms with Crippen LogP contribution in [0.1, 0.15) is 41.5 Å². The van der Waals surface area contributed by atoms with Crippen molar-refractivity contribution in [1.82, 2.24) is 0 Å². The van der Waals surface area contributed by atoms with E-state index in [1.807, 2.05) is 41.5 Å². The second-order valence-electron chi connectivity index (χ2n) is 6.03. The van der Waals surface area contributed by atoms with Crippen molar-refractivity contribution in [3.63, 3.8) is 0 Å². The van der Waals surface area contributed by atoms with E-state index in [-0.39, 0.29) is 17.3 Å². The van der Waals surface area contributed by atoms with Crippen LogP contribution in [-0.4, -0.2) is 44.4 Å². The molecule has 0 saturated heterocycles. The molecule has 17 heavy (non-hydrogen) atoms. The van der Waals surface area contributed by atoms with Crippen LogP contribution in [-0.2, 0) is 18.9 Å². The van der Waals surface area contributed by atoms with E-state index in [0.29, 0.717) is 6.61 Å². The Balaban J connectivity index is 4.50. The molecule has 0 N–H and O–H groups in total. The average molecular weight is 248 g/mol. The van der Waals surface area contributed by atoms with Gasteiger partial charge in [0.1, 0.15) is 6.10 Å². The summed E-state index contributed by atoms with van der Waals surface area (Å²) in [6.45, 7) is 12.5. The lowest BCUT2D eigenvalue weighted by Crippen LogP contribution is -2.43. The summed E-state index contributed by atoms with van der Waals surface area (Å²) in [4.78, 5) is 0. The molecule has 0 heterocycles. The lowest BCUT2D eigenvalue weighted by Gasteiger charge is -2.33. The third-order valence-corrected chi connectivity index (χ3v) is 1.95. The van der Waals surface area contributed by atoms with Crippen LogP contribution in [0.15, 0.2) is 0 Å². The molecule has 0 aromatic rings. The molecule has 0 aromatic heterocycles. The monoisotopic (exact) mass is 248 g/mol. The summed E-state index contributed by atoms with van der Waals surface area (Å²) in [6, 6.07) is 0. The normalized spacial score (nSPS) is 15.4. The molecule has 0 bridgehead atoms. The zero-order chi connectivity index (χ0) is 13.7. The van der Waals surface area contributed by atoms with Gasteiger partial charge in [-0.05, 0) is 41.5 Å². The van der Waals surface area contributed by atoms with E-state index in [4.69, 9.17) is 18.9 Å². The number of hydrogen-bond donors (Lipinski definition) is 0. The Kier molecular flexibility index (Phi) is 6.62. The molecule has 4 nitrogen and oxygen atoms in total. The van der Waals surface area contributed by atoms with E-state index in [0.717, 1.165) is 0 Å². The largest absolute Gasteiger partial charge is 0.373 e. The molecule has 1 atom stereocenters. The fourth-order valence-corrected chi connectivity index (χ4v) is 1.35. The van der Waals surface area contributed by atoms with Crippen molar-refractivity contribution in [3.05, 3.63) is 0 Å². The fourth-order valence-electron chi connectivity index (χ4n) is 1.35. The van der Waals surface area contributed by atoms with Gasteiger partial charge in [0.15, 0.2) is 6.29 Å². The van der Waals surface area contributed by atoms with Gasteiger partial charge in [-0.15, -0.1) is 0 Å². The number of rotatable bonds is 6. The highest BCUT2D eigenvalue weighted by Crippen LogP contribution is 2.18. The van der Waals surface area contributed by atoms with Crippen molar-refractivity contribution >= 4 is 0 Å². The molecule has 0 spiro atoms. The number of hydrogen-bond acceptors (Lipinski definition) is 4. The van der Waals surface area contributed by atoms with Gasteiger partial charge in [-0.3, -0.25) is 0 Å². The third kappa shape index (κ3) is 8.55. The Labute approximate surface area is 106 Å². The first-order valence-electron chi connectivity index (χ1n) is 5.96. The van der Waals surface area contributed by atoms with Gasteiger partial charge >= 0.3 is 0 Å². The van der Waals surface area contributed by atoms with Crippen LogP contribution in [0, 0.1) is 0 Å². The lowest BCUT2D eigenvalue weighted by molar-refractivity contribution is -0.229. The van der Waals surface area contributed by atoms with Crippen LogP contribution < -0.4 is 0 Å². The highest BCUT2D eigenvalue weighted by molar-refractivity contribution is 4.71. The molecule has 1 unspecified atom stereocenters. The predicted octanol–water partition coefficient (Wildman–Crippen LogP) is 2.60. The molecule has 0 saturated carbocycles. The van der Waals surface area contributed by atoms with Crippen molar-refractivity contribution in [3.8, 4) is 0 Å². The minimum atomic E-state index is -0.420. The Bertz CT molecular complexity index is 198. The van der Waals surface area contributed by atoms with Crippen LogP contribution in [0.2, 0.25) is 0 Å². The molecule has 0 rings (SSSR count). The highest BCUT2D eigenvalue weighted by Gasteiger charge is 2.28. The summed E-state index contributed by atoms with van der Waals surface area (Å²) >= 11 is 0. The first-order valence-corrected chi connectivity index (χ1v) is 5.96. The Morgan fingerprint density at radius 2 is 1.29 bits per heavy atom. The summed E-state index contributed by atoms with van der Waals surface area (Å²) in [6.07, 6.45) is -0.666. The van der Waals surface area contributed by atoms with E-state index in [9.17, 15) is 0 Å². The van der Waals surface area contributed by atoms with Gasteiger partial charge in [0.05, 0.1) is 17.8 Å². The predicted molar refractivity (Wildman–Crippen MR) is 68.1 cm³/mol. The van der Waals surface area contributed by atoms with Gasteiger partial charge in [0, 0.05) is 14.2 Å². The van der Waals surface area contributed by atoms with Crippen molar-refractivity contribution < 1.29 is 18.9 Å². The van der Waals surface area contributed by atoms with Gasteiger partial charge in [0.2, 0.25) is 0 Å². The molecule has 0 fully saturated rings. The average Bonchev–Trinajstić information content (AvgIpc) is 2.12. The van der Waals surface area contributed by atoms with Crippen LogP contribution in [0.25, 0.3) is 0 Å². The molecule has 104 valence electrons. The van der Waals surface area contributed by atoms with Gasteiger partial charge in [-0.1, -0.05) is 0 Å². The topological polar surface area (TPSA) is 36.9 Å². The van der Waals surface area contributed by atoms with Crippen molar-refractivity contribution in [1.29, 1.82) is 0 Å². The quantitative estimate of drug-likeness (QED) is 0.677. The zero-order valence-electron chi connectivity index (χ0n) is 12.5. The summed E-state index contributed by atoms with van der Waals surface area (Å²) in [5.74, 6) is 0. The Hall–Kier alpha value is -0.160. The first-order chi connectivity index (χ1) is 7.59. The first kappa shape index (κ1) is 16.8. The van der Waals surface area contributed by atoms with Gasteiger partial charge in [-0.25, -0.2) is 0 Å². The fraction of sp³-hybridized carbons (Fsp3) is 1.00. The van der Waals surface area contributed by atoms with Crippen LogP contribution in [0.5, 0.6) is 0 Å². The Morgan fingerprint density at radius 3 is 1.59 bits per heavy atom. The third-order valence-electron chi connectivity index (χ3n) is 1.95. The summed E-state index contributed by atoms with van der Waals surface area (Å²) < 4.78 is 22.1. The molecule has 0 aliphatic rings. The number of methoxy groups -OCH3 is 2. The maximum atomic E-state index is 5.90. The molecule has 0 radical (unpaired) electrons. The van der Waals surface area contributed by atoms with Crippen molar-refractivity contribution in [2.75, 3.05) is 20.8 Å². The van der Waals surface area contributed by atoms with Crippen molar-refractivity contribution in [2.24, 2.45) is 0 Å². The SMILES string of the molecule is COC(OC)C(COC(C)(C)C)OC(C)(C)C. The van der Waals surface area contributed by atoms with Crippen LogP contribution in [0.3, 0.4) is 0 Å².